The summed E-state index contributed by atoms with van der Waals surface area (Å²) >= 11 is 0. The number of nitrogen functional groups attached to an aromatic ring is 1. The molecule has 0 aromatic carbocycles. The van der Waals surface area contributed by atoms with Gasteiger partial charge < -0.3 is 20.9 Å². The van der Waals surface area contributed by atoms with E-state index in [1.54, 1.807) is 0 Å². The average molecular weight is 184 g/mol. The van der Waals surface area contributed by atoms with Crippen LogP contribution in [0.2, 0.25) is 0 Å². The van der Waals surface area contributed by atoms with Crippen LogP contribution in [-0.4, -0.2) is 35.3 Å². The molecule has 0 unspecified atom stereocenters. The minimum Gasteiger partial charge on any atom is -0.491 e. The molecule has 0 fully saturated rings. The lowest BCUT2D eigenvalue weighted by atomic mass is 10.5. The minimum atomic E-state index is 0.0209. The Hall–Kier alpha value is -1.56. The van der Waals surface area contributed by atoms with E-state index in [0.717, 1.165) is 0 Å². The van der Waals surface area contributed by atoms with Gasteiger partial charge in [0, 0.05) is 6.54 Å². The molecule has 1 aromatic heterocycles. The van der Waals surface area contributed by atoms with Crippen molar-refractivity contribution in [1.82, 2.24) is 9.97 Å². The summed E-state index contributed by atoms with van der Waals surface area (Å²) in [5.74, 6) is 1.16. The zero-order valence-electron chi connectivity index (χ0n) is 7.32. The van der Waals surface area contributed by atoms with Crippen molar-refractivity contribution in [1.29, 1.82) is 0 Å². The van der Waals surface area contributed by atoms with E-state index < -0.39 is 0 Å². The standard InChI is InChI=1S/C7H12N4O2/c1-13-5-4-10-7(8)11-6(5)9-2-3-12/h4,12H,2-3H2,1H3,(H3,8,9,10,11). The summed E-state index contributed by atoms with van der Waals surface area (Å²) < 4.78 is 4.97. The number of hydrogen-bond acceptors (Lipinski definition) is 6. The maximum Gasteiger partial charge on any atom is 0.222 e. The Labute approximate surface area is 75.8 Å². The fourth-order valence-corrected chi connectivity index (χ4v) is 0.835. The fourth-order valence-electron chi connectivity index (χ4n) is 0.835. The second-order valence-electron chi connectivity index (χ2n) is 2.30. The van der Waals surface area contributed by atoms with Crippen LogP contribution in [0.1, 0.15) is 0 Å². The van der Waals surface area contributed by atoms with Crippen molar-refractivity contribution in [3.63, 3.8) is 0 Å². The Balaban J connectivity index is 2.81. The molecule has 6 heteroatoms. The van der Waals surface area contributed by atoms with Crippen LogP contribution in [0.3, 0.4) is 0 Å². The van der Waals surface area contributed by atoms with Gasteiger partial charge in [0.15, 0.2) is 11.6 Å². The highest BCUT2D eigenvalue weighted by molar-refractivity contribution is 5.50. The Morgan fingerprint density at radius 2 is 2.46 bits per heavy atom. The molecule has 72 valence electrons. The molecular weight excluding hydrogens is 172 g/mol. The smallest absolute Gasteiger partial charge is 0.222 e. The van der Waals surface area contributed by atoms with Crippen molar-refractivity contribution in [2.45, 2.75) is 0 Å². The van der Waals surface area contributed by atoms with Crippen LogP contribution in [0.4, 0.5) is 11.8 Å². The summed E-state index contributed by atoms with van der Waals surface area (Å²) in [5.41, 5.74) is 5.37. The number of nitrogens with one attached hydrogen (secondary N) is 1. The van der Waals surface area contributed by atoms with Gasteiger partial charge in [0.05, 0.1) is 19.9 Å². The van der Waals surface area contributed by atoms with E-state index >= 15 is 0 Å². The van der Waals surface area contributed by atoms with Crippen molar-refractivity contribution < 1.29 is 9.84 Å². The van der Waals surface area contributed by atoms with Crippen LogP contribution in [0.5, 0.6) is 5.75 Å². The number of aromatic nitrogens is 2. The van der Waals surface area contributed by atoms with Crippen molar-refractivity contribution in [2.75, 3.05) is 31.3 Å². The molecule has 4 N–H and O–H groups in total. The lowest BCUT2D eigenvalue weighted by molar-refractivity contribution is 0.310. The number of rotatable bonds is 4. The van der Waals surface area contributed by atoms with Gasteiger partial charge in [0.25, 0.3) is 0 Å². The lowest BCUT2D eigenvalue weighted by Gasteiger charge is -2.08. The Morgan fingerprint density at radius 3 is 3.08 bits per heavy atom. The van der Waals surface area contributed by atoms with E-state index in [-0.39, 0.29) is 12.6 Å². The van der Waals surface area contributed by atoms with Crippen LogP contribution in [0, 0.1) is 0 Å². The van der Waals surface area contributed by atoms with Crippen LogP contribution >= 0.6 is 0 Å². The molecule has 0 spiro atoms. The summed E-state index contributed by atoms with van der Waals surface area (Å²) in [6.07, 6.45) is 1.47. The van der Waals surface area contributed by atoms with Crippen molar-refractivity contribution >= 4 is 11.8 Å². The molecule has 0 radical (unpaired) electrons. The summed E-state index contributed by atoms with van der Waals surface area (Å²) in [4.78, 5) is 7.66. The van der Waals surface area contributed by atoms with Gasteiger partial charge in [0.1, 0.15) is 0 Å². The molecule has 13 heavy (non-hydrogen) atoms. The van der Waals surface area contributed by atoms with Gasteiger partial charge in [-0.1, -0.05) is 0 Å². The molecule has 0 amide bonds. The third-order valence-electron chi connectivity index (χ3n) is 1.40. The first kappa shape index (κ1) is 9.53. The summed E-state index contributed by atoms with van der Waals surface area (Å²) in [6.45, 7) is 0.417. The van der Waals surface area contributed by atoms with Crippen molar-refractivity contribution in [3.05, 3.63) is 6.20 Å². The van der Waals surface area contributed by atoms with Crippen LogP contribution in [0.15, 0.2) is 6.20 Å². The van der Waals surface area contributed by atoms with E-state index in [4.69, 9.17) is 15.6 Å². The zero-order valence-corrected chi connectivity index (χ0v) is 7.32. The van der Waals surface area contributed by atoms with Crippen LogP contribution in [-0.2, 0) is 0 Å². The Morgan fingerprint density at radius 1 is 1.69 bits per heavy atom. The predicted molar refractivity (Wildman–Crippen MR) is 48.6 cm³/mol. The second-order valence-corrected chi connectivity index (χ2v) is 2.30. The van der Waals surface area contributed by atoms with Gasteiger partial charge in [-0.2, -0.15) is 4.98 Å². The molecule has 0 saturated heterocycles. The maximum absolute atomic E-state index is 8.58. The monoisotopic (exact) mass is 184 g/mol. The largest absolute Gasteiger partial charge is 0.491 e. The van der Waals surface area contributed by atoms with Crippen LogP contribution < -0.4 is 15.8 Å². The first-order valence-corrected chi connectivity index (χ1v) is 3.79. The van der Waals surface area contributed by atoms with Gasteiger partial charge in [-0.3, -0.25) is 0 Å². The third-order valence-corrected chi connectivity index (χ3v) is 1.40. The number of ether oxygens (including phenoxy) is 1. The normalized spacial score (nSPS) is 9.69. The van der Waals surface area contributed by atoms with Crippen molar-refractivity contribution in [2.24, 2.45) is 0 Å². The van der Waals surface area contributed by atoms with Crippen LogP contribution in [0.25, 0.3) is 0 Å². The van der Waals surface area contributed by atoms with Gasteiger partial charge in [-0.05, 0) is 0 Å². The maximum atomic E-state index is 8.58. The minimum absolute atomic E-state index is 0.0209. The third kappa shape index (κ3) is 2.45. The molecule has 1 aromatic rings. The van der Waals surface area contributed by atoms with Gasteiger partial charge in [-0.15, -0.1) is 0 Å². The molecule has 0 aliphatic rings. The number of methoxy groups -OCH3 is 1. The predicted octanol–water partition coefficient (Wildman–Crippen LogP) is -0.528. The molecule has 0 aliphatic heterocycles. The molecule has 0 saturated carbocycles. The number of nitrogens with two attached hydrogens (primary N) is 1. The number of aliphatic hydroxyl groups excluding tert-OH is 1. The highest BCUT2D eigenvalue weighted by atomic mass is 16.5. The second kappa shape index (κ2) is 4.46. The molecule has 1 rings (SSSR count). The van der Waals surface area contributed by atoms with E-state index in [9.17, 15) is 0 Å². The van der Waals surface area contributed by atoms with Gasteiger partial charge >= 0.3 is 0 Å². The first-order valence-electron chi connectivity index (χ1n) is 3.79. The Bertz CT molecular complexity index is 279. The molecule has 0 atom stereocenters. The number of anilines is 2. The number of aliphatic hydroxyl groups is 1. The van der Waals surface area contributed by atoms with Crippen molar-refractivity contribution in [3.8, 4) is 5.75 Å². The van der Waals surface area contributed by atoms with Gasteiger partial charge in [-0.25, -0.2) is 4.98 Å². The summed E-state index contributed by atoms with van der Waals surface area (Å²) in [7, 11) is 1.51. The summed E-state index contributed by atoms with van der Waals surface area (Å²) in [5, 5.41) is 11.4. The molecule has 6 nitrogen and oxygen atoms in total. The molecular formula is C7H12N4O2. The number of nitrogens with zero attached hydrogens (tertiary/aromatic N) is 2. The van der Waals surface area contributed by atoms with E-state index in [1.807, 2.05) is 0 Å². The first-order chi connectivity index (χ1) is 6.27. The topological polar surface area (TPSA) is 93.3 Å². The highest BCUT2D eigenvalue weighted by Gasteiger charge is 2.04. The summed E-state index contributed by atoms with van der Waals surface area (Å²) in [6, 6.07) is 0. The quantitative estimate of drug-likeness (QED) is 0.582. The van der Waals surface area contributed by atoms with Gasteiger partial charge in [0.2, 0.25) is 5.95 Å². The molecule has 0 aliphatic carbocycles. The number of hydrogen-bond donors (Lipinski definition) is 3. The fraction of sp³-hybridized carbons (Fsp3) is 0.429. The van der Waals surface area contributed by atoms with E-state index in [0.29, 0.717) is 18.1 Å². The SMILES string of the molecule is COc1cnc(N)nc1NCCO. The highest BCUT2D eigenvalue weighted by Crippen LogP contribution is 2.20. The Kier molecular flexibility index (Phi) is 3.27. The van der Waals surface area contributed by atoms with E-state index in [1.165, 1.54) is 13.3 Å². The molecule has 1 heterocycles. The molecule has 0 bridgehead atoms. The lowest BCUT2D eigenvalue weighted by Crippen LogP contribution is -2.09. The zero-order chi connectivity index (χ0) is 9.68. The average Bonchev–Trinajstić information content (AvgIpc) is 2.15. The van der Waals surface area contributed by atoms with E-state index in [2.05, 4.69) is 15.3 Å².